The summed E-state index contributed by atoms with van der Waals surface area (Å²) < 4.78 is 1.18. The van der Waals surface area contributed by atoms with Gasteiger partial charge in [-0.15, -0.1) is 0 Å². The van der Waals surface area contributed by atoms with E-state index in [-0.39, 0.29) is 0 Å². The lowest BCUT2D eigenvalue weighted by Gasteiger charge is -2.06. The van der Waals surface area contributed by atoms with Crippen molar-refractivity contribution in [1.82, 2.24) is 0 Å². The molecule has 25 heavy (non-hydrogen) atoms. The van der Waals surface area contributed by atoms with Crippen LogP contribution in [0.3, 0.4) is 0 Å². The van der Waals surface area contributed by atoms with Gasteiger partial charge in [-0.05, 0) is 95.6 Å². The molecule has 1 heteroatoms. The molecule has 0 heterocycles. The molecule has 4 aromatic carbocycles. The fraction of sp³-hybridized carbons (Fsp3) is 0. The van der Waals surface area contributed by atoms with Gasteiger partial charge in [0.25, 0.3) is 0 Å². The number of hydrogen-bond acceptors (Lipinski definition) is 0. The minimum atomic E-state index is 1.18. The topological polar surface area (TPSA) is 0 Å². The van der Waals surface area contributed by atoms with Crippen LogP contribution in [0.25, 0.3) is 37.2 Å². The third-order valence-electron chi connectivity index (χ3n) is 5.28. The van der Waals surface area contributed by atoms with Gasteiger partial charge in [-0.3, -0.25) is 0 Å². The maximum Gasteiger partial charge on any atom is 0.0339 e. The lowest BCUT2D eigenvalue weighted by atomic mass is 9.99. The normalized spacial score (nSPS) is 14.7. The molecule has 4 aromatic rings. The third-order valence-corrected chi connectivity index (χ3v) is 6.10. The van der Waals surface area contributed by atoms with Crippen molar-refractivity contribution in [1.29, 1.82) is 0 Å². The van der Waals surface area contributed by atoms with E-state index in [0.717, 1.165) is 0 Å². The van der Waals surface area contributed by atoms with Crippen molar-refractivity contribution < 1.29 is 0 Å². The molecule has 1 radical (unpaired) electrons. The molecule has 0 unspecified atom stereocenters. The number of allylic oxidation sites excluding steroid dienone is 2. The molecular formula is C24H12Br. The van der Waals surface area contributed by atoms with Crippen LogP contribution in [0, 0.1) is 6.08 Å². The van der Waals surface area contributed by atoms with Crippen molar-refractivity contribution in [3.63, 3.8) is 0 Å². The molecule has 2 aliphatic rings. The van der Waals surface area contributed by atoms with Gasteiger partial charge in [-0.1, -0.05) is 48.5 Å². The Bertz CT molecular complexity index is 1290. The van der Waals surface area contributed by atoms with E-state index in [1.54, 1.807) is 0 Å². The summed E-state index contributed by atoms with van der Waals surface area (Å²) in [5, 5.41) is 5.10. The van der Waals surface area contributed by atoms with Crippen molar-refractivity contribution in [3.05, 3.63) is 101 Å². The Morgan fingerprint density at radius 1 is 0.600 bits per heavy atom. The van der Waals surface area contributed by atoms with Gasteiger partial charge in [-0.2, -0.15) is 0 Å². The van der Waals surface area contributed by atoms with Crippen molar-refractivity contribution in [2.45, 2.75) is 0 Å². The average molecular weight is 380 g/mol. The van der Waals surface area contributed by atoms with Crippen LogP contribution in [0.5, 0.6) is 0 Å². The van der Waals surface area contributed by atoms with Crippen molar-refractivity contribution in [2.24, 2.45) is 0 Å². The molecule has 0 nitrogen and oxygen atoms in total. The Hall–Kier alpha value is -2.64. The highest BCUT2D eigenvalue weighted by molar-refractivity contribution is 9.15. The maximum atomic E-state index is 3.88. The van der Waals surface area contributed by atoms with Crippen molar-refractivity contribution >= 4 is 53.1 Å². The second kappa shape index (κ2) is 4.71. The highest BCUT2D eigenvalue weighted by Gasteiger charge is 2.32. The van der Waals surface area contributed by atoms with Gasteiger partial charge in [0.1, 0.15) is 0 Å². The van der Waals surface area contributed by atoms with E-state index < -0.39 is 0 Å². The summed E-state index contributed by atoms with van der Waals surface area (Å²) in [7, 11) is 0. The minimum absolute atomic E-state index is 1.18. The number of benzene rings is 4. The lowest BCUT2D eigenvalue weighted by Crippen LogP contribution is -1.84. The number of hydrogen-bond donors (Lipinski definition) is 0. The number of fused-ring (bicyclic) bond motifs is 7. The molecule has 0 fully saturated rings. The second-order valence-corrected chi connectivity index (χ2v) is 7.47. The van der Waals surface area contributed by atoms with Crippen LogP contribution in [-0.2, 0) is 0 Å². The fourth-order valence-corrected chi connectivity index (χ4v) is 4.82. The molecule has 0 saturated heterocycles. The summed E-state index contributed by atoms with van der Waals surface area (Å²) in [4.78, 5) is 0. The van der Waals surface area contributed by atoms with Crippen LogP contribution in [0.2, 0.25) is 0 Å². The molecular weight excluding hydrogens is 368 g/mol. The van der Waals surface area contributed by atoms with Crippen LogP contribution in [0.15, 0.2) is 72.8 Å². The van der Waals surface area contributed by atoms with Crippen LogP contribution in [0.1, 0.15) is 22.3 Å². The van der Waals surface area contributed by atoms with Gasteiger partial charge in [0, 0.05) is 10.1 Å². The van der Waals surface area contributed by atoms with E-state index in [9.17, 15) is 0 Å². The monoisotopic (exact) mass is 379 g/mol. The van der Waals surface area contributed by atoms with E-state index in [2.05, 4.69) is 94.8 Å². The first-order valence-electron chi connectivity index (χ1n) is 8.40. The van der Waals surface area contributed by atoms with Crippen LogP contribution >= 0.6 is 15.9 Å². The molecule has 0 spiro atoms. The highest BCUT2D eigenvalue weighted by Crippen LogP contribution is 2.54. The second-order valence-electron chi connectivity index (χ2n) is 6.68. The highest BCUT2D eigenvalue weighted by atomic mass is 79.9. The summed E-state index contributed by atoms with van der Waals surface area (Å²) >= 11 is 3.88. The zero-order chi connectivity index (χ0) is 16.5. The van der Waals surface area contributed by atoms with Crippen LogP contribution < -0.4 is 0 Å². The quantitative estimate of drug-likeness (QED) is 0.314. The molecule has 0 amide bonds. The maximum absolute atomic E-state index is 3.88. The molecule has 0 atom stereocenters. The summed E-state index contributed by atoms with van der Waals surface area (Å²) in [5.41, 5.74) is 7.53. The largest absolute Gasteiger partial charge is 0.0616 e. The Kier molecular flexibility index (Phi) is 2.57. The zero-order valence-electron chi connectivity index (χ0n) is 13.3. The smallest absolute Gasteiger partial charge is 0.0339 e. The predicted molar refractivity (Wildman–Crippen MR) is 109 cm³/mol. The summed E-state index contributed by atoms with van der Waals surface area (Å²) in [6.07, 6.45) is 3.67. The van der Waals surface area contributed by atoms with Crippen LogP contribution in [-0.4, -0.2) is 0 Å². The van der Waals surface area contributed by atoms with E-state index in [0.29, 0.717) is 0 Å². The Labute approximate surface area is 154 Å². The Morgan fingerprint density at radius 2 is 1.12 bits per heavy atom. The molecule has 115 valence electrons. The first-order valence-corrected chi connectivity index (χ1v) is 9.20. The summed E-state index contributed by atoms with van der Waals surface area (Å²) in [5.74, 6) is 0. The van der Waals surface area contributed by atoms with Gasteiger partial charge in [0.15, 0.2) is 0 Å². The average Bonchev–Trinajstić information content (AvgIpc) is 3.14. The van der Waals surface area contributed by atoms with E-state index in [1.165, 1.54) is 59.4 Å². The SMILES string of the molecule is BrC1=C2C(=[C]c3cc4ccccc4cc32)c2cc3ccccc3cc21. The lowest BCUT2D eigenvalue weighted by molar-refractivity contribution is 1.60. The Morgan fingerprint density at radius 3 is 1.76 bits per heavy atom. The first kappa shape index (κ1) is 13.6. The minimum Gasteiger partial charge on any atom is -0.0616 e. The summed E-state index contributed by atoms with van der Waals surface area (Å²) in [6.45, 7) is 0. The molecule has 6 rings (SSSR count). The first-order chi connectivity index (χ1) is 12.3. The number of halogens is 1. The third kappa shape index (κ3) is 1.76. The van der Waals surface area contributed by atoms with Crippen molar-refractivity contribution in [2.75, 3.05) is 0 Å². The van der Waals surface area contributed by atoms with E-state index in [4.69, 9.17) is 0 Å². The molecule has 0 bridgehead atoms. The molecule has 2 aliphatic carbocycles. The molecule has 0 saturated carbocycles. The molecule has 0 aliphatic heterocycles. The predicted octanol–water partition coefficient (Wildman–Crippen LogP) is 6.82. The van der Waals surface area contributed by atoms with Crippen molar-refractivity contribution in [3.8, 4) is 0 Å². The standard InChI is InChI=1S/C24H12Br/c25-24-22-12-17-8-4-3-7-16(17)11-20(22)21-13-18-9-14-5-1-2-6-15(14)10-19(18)23(21)24/h1-12H. The van der Waals surface area contributed by atoms with Gasteiger partial charge in [-0.25, -0.2) is 0 Å². The van der Waals surface area contributed by atoms with Gasteiger partial charge < -0.3 is 0 Å². The molecule has 0 aromatic heterocycles. The van der Waals surface area contributed by atoms with Gasteiger partial charge in [0.05, 0.1) is 0 Å². The number of rotatable bonds is 0. The van der Waals surface area contributed by atoms with E-state index >= 15 is 0 Å². The van der Waals surface area contributed by atoms with Gasteiger partial charge in [0.2, 0.25) is 0 Å². The Balaban J connectivity index is 1.67. The fourth-order valence-electron chi connectivity index (χ4n) is 4.08. The van der Waals surface area contributed by atoms with Crippen LogP contribution in [0.4, 0.5) is 0 Å². The zero-order valence-corrected chi connectivity index (χ0v) is 14.9. The van der Waals surface area contributed by atoms with E-state index in [1.807, 2.05) is 0 Å². The van der Waals surface area contributed by atoms with Gasteiger partial charge >= 0.3 is 0 Å². The molecule has 0 N–H and O–H groups in total. The summed E-state index contributed by atoms with van der Waals surface area (Å²) in [6, 6.07) is 26.2.